The third kappa shape index (κ3) is 2.71. The van der Waals surface area contributed by atoms with E-state index in [1.165, 1.54) is 0 Å². The second-order valence-electron chi connectivity index (χ2n) is 5.02. The number of anilines is 1. The molecule has 0 bridgehead atoms. The monoisotopic (exact) mass is 361 g/mol. The third-order valence-corrected chi connectivity index (χ3v) is 3.93. The largest absolute Gasteiger partial charge is 0.481 e. The highest BCUT2D eigenvalue weighted by Crippen LogP contribution is 2.27. The molecule has 0 amide bonds. The summed E-state index contributed by atoms with van der Waals surface area (Å²) in [6.07, 6.45) is 0.411. The van der Waals surface area contributed by atoms with Crippen LogP contribution in [0, 0.1) is 5.41 Å². The second-order valence-corrected chi connectivity index (χ2v) is 6.08. The van der Waals surface area contributed by atoms with Gasteiger partial charge in [0.2, 0.25) is 5.95 Å². The van der Waals surface area contributed by atoms with Crippen molar-refractivity contribution in [2.45, 2.75) is 26.8 Å². The van der Waals surface area contributed by atoms with Crippen molar-refractivity contribution < 1.29 is 9.90 Å². The fourth-order valence-electron chi connectivity index (χ4n) is 1.65. The number of aromatic nitrogens is 4. The number of halogens is 2. The summed E-state index contributed by atoms with van der Waals surface area (Å²) in [5.74, 6) is -0.807. The van der Waals surface area contributed by atoms with E-state index < -0.39 is 11.4 Å². The van der Waals surface area contributed by atoms with Gasteiger partial charge in [0.25, 0.3) is 0 Å². The molecule has 0 saturated heterocycles. The molecule has 2 heterocycles. The molecule has 0 aliphatic carbocycles. The van der Waals surface area contributed by atoms with Crippen molar-refractivity contribution >= 4 is 50.6 Å². The van der Waals surface area contributed by atoms with Gasteiger partial charge in [0.05, 0.1) is 5.41 Å². The van der Waals surface area contributed by atoms with Crippen molar-refractivity contribution in [1.29, 1.82) is 0 Å². The highest BCUT2D eigenvalue weighted by molar-refractivity contribution is 9.10. The number of carbonyl (C=O) groups is 1. The Balaban J connectivity index is 2.40. The molecule has 0 fully saturated rings. The fraction of sp³-hybridized carbons (Fsp3) is 0.455. The summed E-state index contributed by atoms with van der Waals surface area (Å²) in [5.41, 5.74) is 5.64. The van der Waals surface area contributed by atoms with E-state index in [1.807, 2.05) is 0 Å². The predicted molar refractivity (Wildman–Crippen MR) is 78.5 cm³/mol. The molecule has 0 radical (unpaired) electrons. The highest BCUT2D eigenvalue weighted by atomic mass is 79.9. The van der Waals surface area contributed by atoms with Crippen LogP contribution in [0.3, 0.4) is 0 Å². The summed E-state index contributed by atoms with van der Waals surface area (Å²) in [4.78, 5) is 23.3. The van der Waals surface area contributed by atoms with Crippen LogP contribution in [-0.4, -0.2) is 30.6 Å². The van der Waals surface area contributed by atoms with E-state index in [9.17, 15) is 4.79 Å². The van der Waals surface area contributed by atoms with Crippen LogP contribution in [0.5, 0.6) is 0 Å². The highest BCUT2D eigenvalue weighted by Gasteiger charge is 2.27. The molecule has 20 heavy (non-hydrogen) atoms. The molecule has 2 rings (SSSR count). The van der Waals surface area contributed by atoms with Gasteiger partial charge < -0.3 is 15.4 Å². The molecule has 0 spiro atoms. The molecule has 7 nitrogen and oxygen atoms in total. The molecule has 2 aromatic rings. The molecule has 2 aromatic heterocycles. The lowest BCUT2D eigenvalue weighted by Crippen LogP contribution is -2.25. The maximum atomic E-state index is 11.1. The summed E-state index contributed by atoms with van der Waals surface area (Å²) < 4.78 is 2.24. The van der Waals surface area contributed by atoms with Gasteiger partial charge in [0, 0.05) is 6.54 Å². The Morgan fingerprint density at radius 1 is 1.45 bits per heavy atom. The number of imidazole rings is 1. The summed E-state index contributed by atoms with van der Waals surface area (Å²) in [6.45, 7) is 3.75. The van der Waals surface area contributed by atoms with Gasteiger partial charge in [-0.05, 0) is 36.2 Å². The van der Waals surface area contributed by atoms with Crippen LogP contribution < -0.4 is 5.73 Å². The molecule has 3 N–H and O–H groups in total. The Kier molecular flexibility index (Phi) is 3.88. The number of nitrogens with zero attached hydrogens (tertiary/aromatic N) is 4. The topological polar surface area (TPSA) is 107 Å². The van der Waals surface area contributed by atoms with E-state index >= 15 is 0 Å². The van der Waals surface area contributed by atoms with E-state index in [2.05, 4.69) is 30.9 Å². The van der Waals surface area contributed by atoms with Crippen molar-refractivity contribution in [3.8, 4) is 0 Å². The van der Waals surface area contributed by atoms with Crippen molar-refractivity contribution in [2.75, 3.05) is 5.73 Å². The molecule has 0 atom stereocenters. The van der Waals surface area contributed by atoms with E-state index in [-0.39, 0.29) is 11.1 Å². The van der Waals surface area contributed by atoms with Crippen LogP contribution in [-0.2, 0) is 11.3 Å². The third-order valence-electron chi connectivity index (χ3n) is 3.06. The number of hydrogen-bond donors (Lipinski definition) is 2. The minimum atomic E-state index is -0.856. The number of nitrogens with two attached hydrogens (primary N) is 1. The van der Waals surface area contributed by atoms with Gasteiger partial charge in [-0.1, -0.05) is 11.6 Å². The molecule has 0 aromatic carbocycles. The lowest BCUT2D eigenvalue weighted by molar-refractivity contribution is -0.147. The number of fused-ring (bicyclic) bond motifs is 1. The van der Waals surface area contributed by atoms with Crippen LogP contribution in [0.15, 0.2) is 4.73 Å². The van der Waals surface area contributed by atoms with Crippen LogP contribution in [0.1, 0.15) is 20.3 Å². The van der Waals surface area contributed by atoms with Crippen molar-refractivity contribution in [3.63, 3.8) is 0 Å². The predicted octanol–water partition coefficient (Wildman–Crippen LogP) is 2.33. The molecule has 9 heteroatoms. The molecule has 0 saturated carbocycles. The Bertz CT molecular complexity index is 685. The van der Waals surface area contributed by atoms with Crippen LogP contribution in [0.25, 0.3) is 11.2 Å². The van der Waals surface area contributed by atoms with E-state index in [0.29, 0.717) is 28.9 Å². The molecule has 0 unspecified atom stereocenters. The maximum absolute atomic E-state index is 11.1. The first-order valence-electron chi connectivity index (χ1n) is 5.80. The summed E-state index contributed by atoms with van der Waals surface area (Å²) in [6, 6.07) is 0. The summed E-state index contributed by atoms with van der Waals surface area (Å²) in [5, 5.41) is 9.31. The van der Waals surface area contributed by atoms with E-state index in [4.69, 9.17) is 22.4 Å². The SMILES string of the molecule is CC(C)(CCn1c(Br)nc2c(Cl)nc(N)nc21)C(=O)O. The first-order chi connectivity index (χ1) is 9.22. The van der Waals surface area contributed by atoms with Gasteiger partial charge in [0.15, 0.2) is 15.5 Å². The lowest BCUT2D eigenvalue weighted by atomic mass is 9.90. The normalized spacial score (nSPS) is 12.0. The Hall–Kier alpha value is -1.41. The molecule has 0 aliphatic heterocycles. The maximum Gasteiger partial charge on any atom is 0.309 e. The van der Waals surface area contributed by atoms with Gasteiger partial charge in [-0.2, -0.15) is 9.97 Å². The average molecular weight is 363 g/mol. The Morgan fingerprint density at radius 3 is 2.70 bits per heavy atom. The zero-order valence-corrected chi connectivity index (χ0v) is 13.2. The van der Waals surface area contributed by atoms with Gasteiger partial charge >= 0.3 is 5.97 Å². The van der Waals surface area contributed by atoms with Crippen molar-refractivity contribution in [2.24, 2.45) is 5.41 Å². The number of rotatable bonds is 4. The van der Waals surface area contributed by atoms with Gasteiger partial charge in [-0.3, -0.25) is 4.79 Å². The van der Waals surface area contributed by atoms with Crippen LogP contribution in [0.4, 0.5) is 5.95 Å². The first-order valence-corrected chi connectivity index (χ1v) is 6.97. The number of carboxylic acids is 1. The minimum Gasteiger partial charge on any atom is -0.481 e. The number of aliphatic carboxylic acids is 1. The molecular formula is C11H13BrClN5O2. The van der Waals surface area contributed by atoms with Crippen molar-refractivity contribution in [3.05, 3.63) is 9.89 Å². The summed E-state index contributed by atoms with van der Waals surface area (Å²) in [7, 11) is 0. The number of carboxylic acid groups (broad SMARTS) is 1. The number of nitrogen functional groups attached to an aromatic ring is 1. The van der Waals surface area contributed by atoms with Gasteiger partial charge in [0.1, 0.15) is 5.52 Å². The fourth-order valence-corrected chi connectivity index (χ4v) is 2.39. The molecular weight excluding hydrogens is 350 g/mol. The standard InChI is InChI=1S/C11H13BrClN5O2/c1-11(2,8(19)20)3-4-18-7-5(15-9(18)12)6(13)16-10(14)17-7/h3-4H2,1-2H3,(H,19,20)(H2,14,16,17). The number of hydrogen-bond acceptors (Lipinski definition) is 5. The second kappa shape index (κ2) is 5.17. The minimum absolute atomic E-state index is 0.0497. The van der Waals surface area contributed by atoms with Crippen LogP contribution >= 0.6 is 27.5 Å². The lowest BCUT2D eigenvalue weighted by Gasteiger charge is -2.19. The number of aryl methyl sites for hydroxylation is 1. The molecule has 0 aliphatic rings. The van der Waals surface area contributed by atoms with E-state index in [0.717, 1.165) is 0 Å². The zero-order chi connectivity index (χ0) is 15.1. The Morgan fingerprint density at radius 2 is 2.10 bits per heavy atom. The van der Waals surface area contributed by atoms with Gasteiger partial charge in [-0.25, -0.2) is 4.98 Å². The molecule has 108 valence electrons. The smallest absolute Gasteiger partial charge is 0.309 e. The van der Waals surface area contributed by atoms with E-state index in [1.54, 1.807) is 18.4 Å². The van der Waals surface area contributed by atoms with Crippen molar-refractivity contribution in [1.82, 2.24) is 19.5 Å². The quantitative estimate of drug-likeness (QED) is 0.638. The summed E-state index contributed by atoms with van der Waals surface area (Å²) >= 11 is 9.28. The van der Waals surface area contributed by atoms with Crippen LogP contribution in [0.2, 0.25) is 5.15 Å². The zero-order valence-electron chi connectivity index (χ0n) is 10.9. The van der Waals surface area contributed by atoms with Gasteiger partial charge in [-0.15, -0.1) is 0 Å². The first kappa shape index (κ1) is 15.0. The average Bonchev–Trinajstić information content (AvgIpc) is 2.63. The Labute approximate surface area is 128 Å².